The number of para-hydroxylation sites is 1. The molecule has 0 radical (unpaired) electrons. The minimum absolute atomic E-state index is 0.183. The van der Waals surface area contributed by atoms with Crippen LogP contribution < -0.4 is 5.32 Å². The minimum atomic E-state index is -0.688. The number of nitrogens with one attached hydrogen (secondary N) is 1. The molecule has 3 nitrogen and oxygen atoms in total. The zero-order valence-corrected chi connectivity index (χ0v) is 17.4. The Morgan fingerprint density at radius 2 is 1.41 bits per heavy atom. The number of likely N-dealkylation sites (N-methyl/N-ethyl adjacent to an activating group) is 1. The molecule has 1 aliphatic rings. The molecule has 1 atom stereocenters. The first-order chi connectivity index (χ1) is 14.2. The maximum atomic E-state index is 6.75. The molecule has 4 rings (SSSR count). The van der Waals surface area contributed by atoms with Crippen molar-refractivity contribution in [2.24, 2.45) is 0 Å². The quantitative estimate of drug-likeness (QED) is 0.575. The smallest absolute Gasteiger partial charge is 0.262 e. The number of nitrogens with zero attached hydrogens (tertiary/aromatic N) is 1. The number of anilines is 1. The zero-order chi connectivity index (χ0) is 20.1. The van der Waals surface area contributed by atoms with Gasteiger partial charge in [-0.25, -0.2) is 0 Å². The Balaban J connectivity index is 1.80. The molecule has 0 amide bonds. The standard InChI is InChI=1S/C25H26N2OS/c1-27-19-11-18-23(27)25(20-12-5-2-6-13-20,21-14-7-3-8-15-21)28-24(29)26-22-16-9-4-10-17-22/h2-10,12-17,23H,11,18-19H2,1H3,(H,26,29)/t23-/m0/s1. The van der Waals surface area contributed by atoms with Crippen LogP contribution >= 0.6 is 12.2 Å². The van der Waals surface area contributed by atoms with Gasteiger partial charge in [-0.05, 0) is 50.8 Å². The molecule has 3 aromatic carbocycles. The zero-order valence-electron chi connectivity index (χ0n) is 16.6. The predicted octanol–water partition coefficient (Wildman–Crippen LogP) is 5.44. The fourth-order valence-corrected chi connectivity index (χ4v) is 4.59. The lowest BCUT2D eigenvalue weighted by molar-refractivity contribution is 0.0206. The van der Waals surface area contributed by atoms with E-state index < -0.39 is 5.60 Å². The number of hydrogen-bond donors (Lipinski definition) is 1. The third kappa shape index (κ3) is 4.04. The van der Waals surface area contributed by atoms with Gasteiger partial charge in [0.05, 0.1) is 6.04 Å². The molecule has 148 valence electrons. The van der Waals surface area contributed by atoms with Crippen LogP contribution in [0.3, 0.4) is 0 Å². The van der Waals surface area contributed by atoms with E-state index in [2.05, 4.69) is 65.8 Å². The van der Waals surface area contributed by atoms with Crippen molar-refractivity contribution in [1.29, 1.82) is 0 Å². The van der Waals surface area contributed by atoms with Gasteiger partial charge in [-0.15, -0.1) is 0 Å². The SMILES string of the molecule is CN1CCC[C@H]1C(OC(=S)Nc1ccccc1)(c1ccccc1)c1ccccc1. The lowest BCUT2D eigenvalue weighted by Gasteiger charge is -2.43. The van der Waals surface area contributed by atoms with E-state index in [1.807, 2.05) is 42.5 Å². The van der Waals surface area contributed by atoms with Crippen LogP contribution in [0, 0.1) is 0 Å². The number of benzene rings is 3. The minimum Gasteiger partial charge on any atom is -0.453 e. The van der Waals surface area contributed by atoms with Gasteiger partial charge < -0.3 is 10.1 Å². The highest BCUT2D eigenvalue weighted by atomic mass is 32.1. The molecule has 0 spiro atoms. The molecule has 0 bridgehead atoms. The predicted molar refractivity (Wildman–Crippen MR) is 123 cm³/mol. The first kappa shape index (κ1) is 19.6. The molecule has 4 heteroatoms. The molecule has 29 heavy (non-hydrogen) atoms. The number of ether oxygens (including phenoxy) is 1. The van der Waals surface area contributed by atoms with Crippen LogP contribution in [0.2, 0.25) is 0 Å². The Labute approximate surface area is 178 Å². The molecular weight excluding hydrogens is 376 g/mol. The van der Waals surface area contributed by atoms with Crippen molar-refractivity contribution < 1.29 is 4.74 Å². The first-order valence-corrected chi connectivity index (χ1v) is 10.5. The molecule has 1 saturated heterocycles. The highest BCUT2D eigenvalue weighted by molar-refractivity contribution is 7.80. The second-order valence-electron chi connectivity index (χ2n) is 7.49. The molecule has 3 aromatic rings. The van der Waals surface area contributed by atoms with Gasteiger partial charge in [-0.1, -0.05) is 78.9 Å². The second-order valence-corrected chi connectivity index (χ2v) is 7.86. The molecule has 1 N–H and O–H groups in total. The van der Waals surface area contributed by atoms with Gasteiger partial charge in [-0.2, -0.15) is 0 Å². The van der Waals surface area contributed by atoms with Gasteiger partial charge in [0.1, 0.15) is 0 Å². The summed E-state index contributed by atoms with van der Waals surface area (Å²) in [5.41, 5.74) is 2.46. The summed E-state index contributed by atoms with van der Waals surface area (Å²) < 4.78 is 6.75. The maximum Gasteiger partial charge on any atom is 0.262 e. The van der Waals surface area contributed by atoms with E-state index in [9.17, 15) is 0 Å². The van der Waals surface area contributed by atoms with Gasteiger partial charge in [0.15, 0.2) is 5.60 Å². The van der Waals surface area contributed by atoms with Gasteiger partial charge in [0.25, 0.3) is 5.17 Å². The second kappa shape index (κ2) is 8.76. The summed E-state index contributed by atoms with van der Waals surface area (Å²) in [6.45, 7) is 1.05. The van der Waals surface area contributed by atoms with Gasteiger partial charge >= 0.3 is 0 Å². The van der Waals surface area contributed by atoms with Crippen LogP contribution in [0.25, 0.3) is 0 Å². The van der Waals surface area contributed by atoms with Crippen molar-refractivity contribution in [3.05, 3.63) is 102 Å². The van der Waals surface area contributed by atoms with E-state index in [4.69, 9.17) is 17.0 Å². The topological polar surface area (TPSA) is 24.5 Å². The van der Waals surface area contributed by atoms with Crippen molar-refractivity contribution in [3.8, 4) is 0 Å². The van der Waals surface area contributed by atoms with Crippen LogP contribution in [0.4, 0.5) is 5.69 Å². The van der Waals surface area contributed by atoms with E-state index in [-0.39, 0.29) is 6.04 Å². The van der Waals surface area contributed by atoms with E-state index in [1.165, 1.54) is 0 Å². The van der Waals surface area contributed by atoms with E-state index in [0.717, 1.165) is 36.2 Å². The fraction of sp³-hybridized carbons (Fsp3) is 0.240. The number of hydrogen-bond acceptors (Lipinski definition) is 3. The Hall–Kier alpha value is -2.69. The van der Waals surface area contributed by atoms with Crippen LogP contribution in [0.5, 0.6) is 0 Å². The molecule has 1 heterocycles. The average Bonchev–Trinajstić information content (AvgIpc) is 3.20. The highest BCUT2D eigenvalue weighted by Gasteiger charge is 2.48. The first-order valence-electron chi connectivity index (χ1n) is 10.1. The Morgan fingerprint density at radius 3 is 1.90 bits per heavy atom. The largest absolute Gasteiger partial charge is 0.453 e. The summed E-state index contributed by atoms with van der Waals surface area (Å²) in [5, 5.41) is 3.64. The normalized spacial score (nSPS) is 17.1. The molecule has 1 aliphatic heterocycles. The van der Waals surface area contributed by atoms with Crippen LogP contribution in [-0.2, 0) is 10.3 Å². The van der Waals surface area contributed by atoms with Crippen LogP contribution in [0.15, 0.2) is 91.0 Å². The number of thiocarbonyl (C=S) groups is 1. The van der Waals surface area contributed by atoms with Gasteiger partial charge in [0, 0.05) is 16.8 Å². The molecule has 0 unspecified atom stereocenters. The average molecular weight is 403 g/mol. The van der Waals surface area contributed by atoms with Crippen molar-refractivity contribution in [2.45, 2.75) is 24.5 Å². The fourth-order valence-electron chi connectivity index (χ4n) is 4.34. The third-order valence-corrected chi connectivity index (χ3v) is 5.85. The monoisotopic (exact) mass is 402 g/mol. The van der Waals surface area contributed by atoms with Crippen LogP contribution in [-0.4, -0.2) is 29.7 Å². The molecule has 0 aromatic heterocycles. The third-order valence-electron chi connectivity index (χ3n) is 5.67. The summed E-state index contributed by atoms with van der Waals surface area (Å²) in [4.78, 5) is 2.39. The molecule has 0 aliphatic carbocycles. The summed E-state index contributed by atoms with van der Waals surface area (Å²) in [7, 11) is 2.18. The van der Waals surface area contributed by atoms with Crippen molar-refractivity contribution in [3.63, 3.8) is 0 Å². The lowest BCUT2D eigenvalue weighted by Crippen LogP contribution is -2.50. The van der Waals surface area contributed by atoms with Gasteiger partial charge in [0.2, 0.25) is 0 Å². The van der Waals surface area contributed by atoms with E-state index in [1.54, 1.807) is 0 Å². The number of likely N-dealkylation sites (tertiary alicyclic amines) is 1. The lowest BCUT2D eigenvalue weighted by atomic mass is 9.78. The van der Waals surface area contributed by atoms with Gasteiger partial charge in [-0.3, -0.25) is 4.90 Å². The highest BCUT2D eigenvalue weighted by Crippen LogP contribution is 2.43. The summed E-state index contributed by atoms with van der Waals surface area (Å²) >= 11 is 5.71. The van der Waals surface area contributed by atoms with E-state index in [0.29, 0.717) is 5.17 Å². The Bertz CT molecular complexity index is 891. The molecular formula is C25H26N2OS. The molecule has 0 saturated carbocycles. The summed E-state index contributed by atoms with van der Waals surface area (Å²) in [5.74, 6) is 0. The summed E-state index contributed by atoms with van der Waals surface area (Å²) in [6.07, 6.45) is 2.19. The molecule has 1 fully saturated rings. The van der Waals surface area contributed by atoms with Crippen molar-refractivity contribution in [2.75, 3.05) is 18.9 Å². The van der Waals surface area contributed by atoms with E-state index >= 15 is 0 Å². The maximum absolute atomic E-state index is 6.75. The van der Waals surface area contributed by atoms with Crippen molar-refractivity contribution >= 4 is 23.1 Å². The van der Waals surface area contributed by atoms with Crippen LogP contribution in [0.1, 0.15) is 24.0 Å². The number of rotatable bonds is 5. The van der Waals surface area contributed by atoms with Crippen molar-refractivity contribution in [1.82, 2.24) is 4.90 Å². The summed E-state index contributed by atoms with van der Waals surface area (Å²) in [6, 6.07) is 31.0. The Kier molecular flexibility index (Phi) is 5.93. The Morgan fingerprint density at radius 1 is 0.897 bits per heavy atom.